The van der Waals surface area contributed by atoms with Crippen molar-refractivity contribution in [3.63, 3.8) is 0 Å². The molecule has 0 aliphatic carbocycles. The van der Waals surface area contributed by atoms with Gasteiger partial charge in [-0.1, -0.05) is 18.2 Å². The Morgan fingerprint density at radius 3 is 2.66 bits per heavy atom. The van der Waals surface area contributed by atoms with Crippen molar-refractivity contribution in [2.24, 2.45) is 0 Å². The Balaban J connectivity index is 1.50. The molecule has 0 radical (unpaired) electrons. The number of hydrogen-bond acceptors (Lipinski definition) is 6. The van der Waals surface area contributed by atoms with Crippen LogP contribution in [0.2, 0.25) is 0 Å². The Bertz CT molecular complexity index is 1030. The van der Waals surface area contributed by atoms with E-state index in [0.717, 1.165) is 17.4 Å². The minimum absolute atomic E-state index is 0.253. The van der Waals surface area contributed by atoms with E-state index in [1.807, 2.05) is 24.3 Å². The zero-order valence-corrected chi connectivity index (χ0v) is 16.2. The average molecular weight is 412 g/mol. The zero-order valence-electron chi connectivity index (χ0n) is 15.4. The van der Waals surface area contributed by atoms with Gasteiger partial charge in [0.15, 0.2) is 11.7 Å². The molecule has 1 amide bonds. The molecule has 0 aliphatic heterocycles. The number of anilines is 1. The van der Waals surface area contributed by atoms with Crippen LogP contribution in [0, 0.1) is 5.82 Å². The number of benzene rings is 2. The summed E-state index contributed by atoms with van der Waals surface area (Å²) in [5.74, 6) is -0.983. The van der Waals surface area contributed by atoms with Crippen molar-refractivity contribution in [3.8, 4) is 17.0 Å². The Labute approximate surface area is 170 Å². The van der Waals surface area contributed by atoms with Gasteiger partial charge in [-0.2, -0.15) is 0 Å². The van der Waals surface area contributed by atoms with Crippen LogP contribution in [0.1, 0.15) is 5.56 Å². The highest BCUT2D eigenvalue weighted by Gasteiger charge is 2.10. The number of esters is 1. The summed E-state index contributed by atoms with van der Waals surface area (Å²) in [6, 6.07) is 13.4. The van der Waals surface area contributed by atoms with Gasteiger partial charge in [0.2, 0.25) is 0 Å². The molecule has 0 spiro atoms. The Morgan fingerprint density at radius 2 is 1.93 bits per heavy atom. The first-order chi connectivity index (χ1) is 14.0. The fraction of sp³-hybridized carbons (Fsp3) is 0.0952. The summed E-state index contributed by atoms with van der Waals surface area (Å²) in [5.41, 5.74) is 1.84. The zero-order chi connectivity index (χ0) is 20.6. The van der Waals surface area contributed by atoms with E-state index >= 15 is 0 Å². The monoisotopic (exact) mass is 412 g/mol. The number of halogens is 1. The minimum atomic E-state index is -0.749. The quantitative estimate of drug-likeness (QED) is 0.466. The lowest BCUT2D eigenvalue weighted by molar-refractivity contribution is -0.142. The van der Waals surface area contributed by atoms with E-state index < -0.39 is 24.3 Å². The SMILES string of the molecule is COc1ccc(-c2csc(NC(=O)COC(=O)/C=C/c3ccccc3F)n2)cc1. The molecule has 6 nitrogen and oxygen atoms in total. The molecule has 1 heterocycles. The van der Waals surface area contributed by atoms with Crippen LogP contribution in [0.15, 0.2) is 60.0 Å². The molecule has 0 aliphatic rings. The first-order valence-corrected chi connectivity index (χ1v) is 9.42. The number of nitrogens with zero attached hydrogens (tertiary/aromatic N) is 1. The summed E-state index contributed by atoms with van der Waals surface area (Å²) in [4.78, 5) is 28.0. The molecular formula is C21H17FN2O4S. The van der Waals surface area contributed by atoms with E-state index in [9.17, 15) is 14.0 Å². The molecule has 3 aromatic rings. The lowest BCUT2D eigenvalue weighted by Crippen LogP contribution is -2.20. The molecule has 0 bridgehead atoms. The van der Waals surface area contributed by atoms with Gasteiger partial charge in [0.25, 0.3) is 5.91 Å². The molecule has 148 valence electrons. The molecule has 0 fully saturated rings. The Kier molecular flexibility index (Phi) is 6.70. The minimum Gasteiger partial charge on any atom is -0.497 e. The Morgan fingerprint density at radius 1 is 1.17 bits per heavy atom. The summed E-state index contributed by atoms with van der Waals surface area (Å²) in [6.45, 7) is -0.474. The lowest BCUT2D eigenvalue weighted by atomic mass is 10.2. The standard InChI is InChI=1S/C21H17FN2O4S/c1-27-16-9-6-15(7-10-16)18-13-29-21(23-18)24-19(25)12-28-20(26)11-8-14-4-2-3-5-17(14)22/h2-11,13H,12H2,1H3,(H,23,24,25)/b11-8+. The topological polar surface area (TPSA) is 77.5 Å². The highest BCUT2D eigenvalue weighted by atomic mass is 32.1. The van der Waals surface area contributed by atoms with Crippen molar-refractivity contribution in [1.29, 1.82) is 0 Å². The van der Waals surface area contributed by atoms with Crippen molar-refractivity contribution in [3.05, 3.63) is 71.4 Å². The molecule has 0 atom stereocenters. The second-order valence-electron chi connectivity index (χ2n) is 5.78. The first-order valence-electron chi connectivity index (χ1n) is 8.54. The van der Waals surface area contributed by atoms with Crippen molar-refractivity contribution < 1.29 is 23.5 Å². The fourth-order valence-corrected chi connectivity index (χ4v) is 3.07. The molecular weight excluding hydrogens is 395 g/mol. The van der Waals surface area contributed by atoms with Gasteiger partial charge in [-0.05, 0) is 36.4 Å². The van der Waals surface area contributed by atoms with Crippen molar-refractivity contribution in [2.45, 2.75) is 0 Å². The Hall–Kier alpha value is -3.52. The summed E-state index contributed by atoms with van der Waals surface area (Å²) < 4.78 is 23.5. The number of methoxy groups -OCH3 is 1. The van der Waals surface area contributed by atoms with Gasteiger partial charge >= 0.3 is 5.97 Å². The van der Waals surface area contributed by atoms with E-state index in [1.165, 1.54) is 29.5 Å². The first kappa shape index (κ1) is 20.2. The predicted octanol–water partition coefficient (Wildman–Crippen LogP) is 4.15. The van der Waals surface area contributed by atoms with Crippen LogP contribution in [0.4, 0.5) is 9.52 Å². The van der Waals surface area contributed by atoms with Crippen LogP contribution >= 0.6 is 11.3 Å². The van der Waals surface area contributed by atoms with Crippen LogP contribution in [0.25, 0.3) is 17.3 Å². The van der Waals surface area contributed by atoms with Crippen LogP contribution in [0.5, 0.6) is 5.75 Å². The number of nitrogens with one attached hydrogen (secondary N) is 1. The van der Waals surface area contributed by atoms with Gasteiger partial charge in [-0.15, -0.1) is 11.3 Å². The molecule has 29 heavy (non-hydrogen) atoms. The molecule has 0 saturated heterocycles. The van der Waals surface area contributed by atoms with Crippen molar-refractivity contribution in [2.75, 3.05) is 19.0 Å². The van der Waals surface area contributed by atoms with E-state index in [4.69, 9.17) is 9.47 Å². The molecule has 2 aromatic carbocycles. The summed E-state index contributed by atoms with van der Waals surface area (Å²) >= 11 is 1.26. The normalized spacial score (nSPS) is 10.7. The van der Waals surface area contributed by atoms with Crippen LogP contribution in [0.3, 0.4) is 0 Å². The molecule has 8 heteroatoms. The number of aromatic nitrogens is 1. The van der Waals surface area contributed by atoms with Gasteiger partial charge < -0.3 is 9.47 Å². The predicted molar refractivity (Wildman–Crippen MR) is 109 cm³/mol. The van der Waals surface area contributed by atoms with Crippen molar-refractivity contribution >= 4 is 34.4 Å². The number of ether oxygens (including phenoxy) is 2. The second-order valence-corrected chi connectivity index (χ2v) is 6.64. The smallest absolute Gasteiger partial charge is 0.331 e. The van der Waals surface area contributed by atoms with Gasteiger partial charge in [0.05, 0.1) is 12.8 Å². The third kappa shape index (κ3) is 5.73. The average Bonchev–Trinajstić information content (AvgIpc) is 3.20. The lowest BCUT2D eigenvalue weighted by Gasteiger charge is -2.03. The van der Waals surface area contributed by atoms with Gasteiger partial charge in [0.1, 0.15) is 11.6 Å². The molecule has 0 saturated carbocycles. The van der Waals surface area contributed by atoms with E-state index in [0.29, 0.717) is 10.8 Å². The highest BCUT2D eigenvalue weighted by molar-refractivity contribution is 7.14. The van der Waals surface area contributed by atoms with Crippen LogP contribution in [-0.4, -0.2) is 30.6 Å². The van der Waals surface area contributed by atoms with Gasteiger partial charge in [-0.3, -0.25) is 10.1 Å². The maximum Gasteiger partial charge on any atom is 0.331 e. The second kappa shape index (κ2) is 9.61. The van der Waals surface area contributed by atoms with Gasteiger partial charge in [-0.25, -0.2) is 14.2 Å². The van der Waals surface area contributed by atoms with E-state index in [1.54, 1.807) is 24.6 Å². The van der Waals surface area contributed by atoms with Crippen LogP contribution < -0.4 is 10.1 Å². The number of carbonyl (C=O) groups is 2. The molecule has 1 N–H and O–H groups in total. The number of hydrogen-bond donors (Lipinski definition) is 1. The molecule has 1 aromatic heterocycles. The summed E-state index contributed by atoms with van der Waals surface area (Å²) in [5, 5.41) is 4.77. The van der Waals surface area contributed by atoms with Crippen molar-refractivity contribution in [1.82, 2.24) is 4.98 Å². The van der Waals surface area contributed by atoms with E-state index in [2.05, 4.69) is 10.3 Å². The molecule has 3 rings (SSSR count). The van der Waals surface area contributed by atoms with Gasteiger partial charge in [0, 0.05) is 22.6 Å². The fourth-order valence-electron chi connectivity index (χ4n) is 2.33. The number of thiazole rings is 1. The third-order valence-corrected chi connectivity index (χ3v) is 4.54. The number of rotatable bonds is 7. The largest absolute Gasteiger partial charge is 0.497 e. The van der Waals surface area contributed by atoms with E-state index in [-0.39, 0.29) is 5.56 Å². The highest BCUT2D eigenvalue weighted by Crippen LogP contribution is 2.26. The van der Waals surface area contributed by atoms with Crippen LogP contribution in [-0.2, 0) is 14.3 Å². The summed E-state index contributed by atoms with van der Waals surface area (Å²) in [7, 11) is 1.59. The number of carbonyl (C=O) groups excluding carboxylic acids is 2. The maximum atomic E-state index is 13.5. The molecule has 0 unspecified atom stereocenters. The third-order valence-electron chi connectivity index (χ3n) is 3.79. The summed E-state index contributed by atoms with van der Waals surface area (Å²) in [6.07, 6.45) is 2.36. The maximum absolute atomic E-state index is 13.5. The number of amides is 1.